The van der Waals surface area contributed by atoms with E-state index >= 15 is 0 Å². The first-order valence-electron chi connectivity index (χ1n) is 8.29. The maximum atomic E-state index is 12.2. The number of hydrogen-bond acceptors (Lipinski definition) is 5. The summed E-state index contributed by atoms with van der Waals surface area (Å²) in [6.45, 7) is 1.09. The van der Waals surface area contributed by atoms with Gasteiger partial charge < -0.3 is 10.1 Å². The van der Waals surface area contributed by atoms with Crippen molar-refractivity contribution in [1.29, 1.82) is 0 Å². The van der Waals surface area contributed by atoms with E-state index in [2.05, 4.69) is 10.4 Å². The van der Waals surface area contributed by atoms with Crippen molar-refractivity contribution in [3.05, 3.63) is 80.9 Å². The molecule has 3 rings (SSSR count). The van der Waals surface area contributed by atoms with Crippen molar-refractivity contribution in [1.82, 2.24) is 15.1 Å². The lowest BCUT2D eigenvalue weighted by molar-refractivity contribution is 0.0946. The van der Waals surface area contributed by atoms with Gasteiger partial charge in [0.05, 0.1) is 6.54 Å². The molecule has 0 fully saturated rings. The molecule has 7 heteroatoms. The monoisotopic (exact) mass is 369 g/mol. The summed E-state index contributed by atoms with van der Waals surface area (Å²) in [6, 6.07) is 16.1. The van der Waals surface area contributed by atoms with E-state index < -0.39 is 0 Å². The Morgan fingerprint density at radius 3 is 2.73 bits per heavy atom. The molecule has 1 N–H and O–H groups in total. The van der Waals surface area contributed by atoms with Crippen LogP contribution in [0.3, 0.4) is 0 Å². The van der Waals surface area contributed by atoms with Gasteiger partial charge in [0.25, 0.3) is 11.5 Å². The third-order valence-electron chi connectivity index (χ3n) is 3.65. The molecule has 0 aliphatic heterocycles. The first-order valence-corrected chi connectivity index (χ1v) is 9.17. The van der Waals surface area contributed by atoms with Crippen molar-refractivity contribution in [2.24, 2.45) is 0 Å². The molecule has 6 nitrogen and oxygen atoms in total. The molecular weight excluding hydrogens is 350 g/mol. The van der Waals surface area contributed by atoms with Crippen LogP contribution in [0.25, 0.3) is 0 Å². The highest BCUT2D eigenvalue weighted by atomic mass is 32.1. The summed E-state index contributed by atoms with van der Waals surface area (Å²) < 4.78 is 6.82. The van der Waals surface area contributed by atoms with E-state index in [1.807, 2.05) is 47.8 Å². The summed E-state index contributed by atoms with van der Waals surface area (Å²) in [7, 11) is 0. The van der Waals surface area contributed by atoms with E-state index in [-0.39, 0.29) is 23.7 Å². The minimum absolute atomic E-state index is 0.218. The largest absolute Gasteiger partial charge is 0.492 e. The summed E-state index contributed by atoms with van der Waals surface area (Å²) >= 11 is 1.66. The van der Waals surface area contributed by atoms with Gasteiger partial charge in [0.15, 0.2) is 0 Å². The van der Waals surface area contributed by atoms with Gasteiger partial charge >= 0.3 is 0 Å². The van der Waals surface area contributed by atoms with E-state index in [0.717, 1.165) is 12.2 Å². The third kappa shape index (κ3) is 5.03. The van der Waals surface area contributed by atoms with Crippen LogP contribution in [0.2, 0.25) is 0 Å². The highest BCUT2D eigenvalue weighted by molar-refractivity contribution is 7.09. The van der Waals surface area contributed by atoms with Crippen LogP contribution < -0.4 is 15.6 Å². The number of thiophene rings is 1. The van der Waals surface area contributed by atoms with Gasteiger partial charge in [0, 0.05) is 17.5 Å². The number of rotatable bonds is 8. The van der Waals surface area contributed by atoms with Crippen LogP contribution in [0.4, 0.5) is 0 Å². The lowest BCUT2D eigenvalue weighted by atomic mass is 10.3. The molecule has 0 unspecified atom stereocenters. The minimum Gasteiger partial charge on any atom is -0.492 e. The second-order valence-corrected chi connectivity index (χ2v) is 6.56. The number of amides is 1. The maximum absolute atomic E-state index is 12.2. The summed E-state index contributed by atoms with van der Waals surface area (Å²) in [5.74, 6) is 0.433. The Balaban J connectivity index is 1.54. The number of benzene rings is 1. The first kappa shape index (κ1) is 17.9. The van der Waals surface area contributed by atoms with Gasteiger partial charge in [-0.25, -0.2) is 4.68 Å². The summed E-state index contributed by atoms with van der Waals surface area (Å²) in [6.07, 6.45) is 0.772. The quantitative estimate of drug-likeness (QED) is 0.662. The van der Waals surface area contributed by atoms with Gasteiger partial charge in [0.1, 0.15) is 18.1 Å². The SMILES string of the molecule is O=C(NCCc1cccs1)c1ccc(=O)n(CCOc2ccccc2)n1. The van der Waals surface area contributed by atoms with Crippen LogP contribution >= 0.6 is 11.3 Å². The van der Waals surface area contributed by atoms with E-state index in [1.165, 1.54) is 21.7 Å². The average Bonchev–Trinajstić information content (AvgIpc) is 3.17. The number of hydrogen-bond donors (Lipinski definition) is 1. The molecule has 0 saturated carbocycles. The molecular formula is C19H19N3O3S. The number of aromatic nitrogens is 2. The predicted molar refractivity (Wildman–Crippen MR) is 101 cm³/mol. The second-order valence-electron chi connectivity index (χ2n) is 5.53. The van der Waals surface area contributed by atoms with Gasteiger partial charge in [-0.3, -0.25) is 9.59 Å². The van der Waals surface area contributed by atoms with Gasteiger partial charge in [0.2, 0.25) is 0 Å². The van der Waals surface area contributed by atoms with Gasteiger partial charge in [-0.2, -0.15) is 5.10 Å². The van der Waals surface area contributed by atoms with Crippen molar-refractivity contribution in [3.63, 3.8) is 0 Å². The van der Waals surface area contributed by atoms with E-state index in [9.17, 15) is 9.59 Å². The van der Waals surface area contributed by atoms with Crippen molar-refractivity contribution in [3.8, 4) is 5.75 Å². The molecule has 134 valence electrons. The van der Waals surface area contributed by atoms with E-state index in [0.29, 0.717) is 13.2 Å². The van der Waals surface area contributed by atoms with Gasteiger partial charge in [-0.1, -0.05) is 24.3 Å². The van der Waals surface area contributed by atoms with Crippen LogP contribution in [-0.2, 0) is 13.0 Å². The number of carbonyl (C=O) groups excluding carboxylic acids is 1. The Hall–Kier alpha value is -2.93. The Morgan fingerprint density at radius 1 is 1.12 bits per heavy atom. The highest BCUT2D eigenvalue weighted by Crippen LogP contribution is 2.08. The fraction of sp³-hybridized carbons (Fsp3) is 0.211. The van der Waals surface area contributed by atoms with Crippen molar-refractivity contribution in [2.75, 3.05) is 13.2 Å². The number of para-hydroxylation sites is 1. The Morgan fingerprint density at radius 2 is 1.96 bits per heavy atom. The van der Waals surface area contributed by atoms with Crippen LogP contribution in [-0.4, -0.2) is 28.8 Å². The molecule has 0 radical (unpaired) electrons. The van der Waals surface area contributed by atoms with Crippen LogP contribution in [0.1, 0.15) is 15.4 Å². The zero-order chi connectivity index (χ0) is 18.2. The lowest BCUT2D eigenvalue weighted by Gasteiger charge is -2.09. The number of nitrogens with zero attached hydrogens (tertiary/aromatic N) is 2. The Kier molecular flexibility index (Phi) is 6.16. The minimum atomic E-state index is -0.292. The molecule has 0 bridgehead atoms. The topological polar surface area (TPSA) is 73.2 Å². The molecule has 3 aromatic rings. The van der Waals surface area contributed by atoms with Crippen LogP contribution in [0.5, 0.6) is 5.75 Å². The number of ether oxygens (including phenoxy) is 1. The molecule has 0 atom stereocenters. The lowest BCUT2D eigenvalue weighted by Crippen LogP contribution is -2.31. The van der Waals surface area contributed by atoms with Crippen molar-refractivity contribution >= 4 is 17.2 Å². The number of nitrogens with one attached hydrogen (secondary N) is 1. The highest BCUT2D eigenvalue weighted by Gasteiger charge is 2.09. The fourth-order valence-electron chi connectivity index (χ4n) is 2.34. The standard InChI is InChI=1S/C19H19N3O3S/c23-18-9-8-17(19(24)20-11-10-16-7-4-14-26-16)21-22(18)12-13-25-15-5-2-1-3-6-15/h1-9,14H,10-13H2,(H,20,24). The predicted octanol–water partition coefficient (Wildman–Crippen LogP) is 2.36. The van der Waals surface area contributed by atoms with Crippen LogP contribution in [0.15, 0.2) is 64.8 Å². The summed E-state index contributed by atoms with van der Waals surface area (Å²) in [5.41, 5.74) is -0.0488. The summed E-state index contributed by atoms with van der Waals surface area (Å²) in [5, 5.41) is 8.96. The molecule has 2 aromatic heterocycles. The zero-order valence-electron chi connectivity index (χ0n) is 14.1. The number of carbonyl (C=O) groups is 1. The fourth-order valence-corrected chi connectivity index (χ4v) is 3.05. The molecule has 26 heavy (non-hydrogen) atoms. The first-order chi connectivity index (χ1) is 12.7. The van der Waals surface area contributed by atoms with Gasteiger partial charge in [-0.15, -0.1) is 11.3 Å². The smallest absolute Gasteiger partial charge is 0.271 e. The Labute approximate surface area is 155 Å². The maximum Gasteiger partial charge on any atom is 0.271 e. The molecule has 0 aliphatic rings. The van der Waals surface area contributed by atoms with Crippen LogP contribution in [0, 0.1) is 0 Å². The van der Waals surface area contributed by atoms with E-state index in [1.54, 1.807) is 11.3 Å². The van der Waals surface area contributed by atoms with Crippen molar-refractivity contribution in [2.45, 2.75) is 13.0 Å². The van der Waals surface area contributed by atoms with E-state index in [4.69, 9.17) is 4.74 Å². The molecule has 1 aromatic carbocycles. The molecule has 0 saturated heterocycles. The molecule has 0 aliphatic carbocycles. The second kappa shape index (κ2) is 8.96. The molecule has 2 heterocycles. The molecule has 1 amide bonds. The molecule has 0 spiro atoms. The zero-order valence-corrected chi connectivity index (χ0v) is 14.9. The summed E-state index contributed by atoms with van der Waals surface area (Å²) in [4.78, 5) is 25.3. The van der Waals surface area contributed by atoms with Gasteiger partial charge in [-0.05, 0) is 36.1 Å². The third-order valence-corrected chi connectivity index (χ3v) is 4.59. The Bertz CT molecular complexity index is 892. The average molecular weight is 369 g/mol. The van der Waals surface area contributed by atoms with Crippen molar-refractivity contribution < 1.29 is 9.53 Å². The normalized spacial score (nSPS) is 10.5.